The maximum atomic E-state index is 3.73. The number of rotatable bonds is 1. The van der Waals surface area contributed by atoms with Crippen LogP contribution in [-0.2, 0) is 0 Å². The van der Waals surface area contributed by atoms with Crippen molar-refractivity contribution in [2.45, 2.75) is 41.5 Å². The minimum Gasteiger partial charge on any atom is -0.106 e. The van der Waals surface area contributed by atoms with Gasteiger partial charge in [0.05, 0.1) is 0 Å². The van der Waals surface area contributed by atoms with Crippen LogP contribution in [0, 0.1) is 13.8 Å². The molecule has 0 radical (unpaired) electrons. The monoisotopic (exact) mass is 220 g/mol. The van der Waals surface area contributed by atoms with Gasteiger partial charge in [-0.05, 0) is 30.5 Å². The molecule has 0 spiro atoms. The molecular formula is C16H28. The summed E-state index contributed by atoms with van der Waals surface area (Å²) in [5, 5.41) is 0. The Morgan fingerprint density at radius 3 is 1.69 bits per heavy atom. The van der Waals surface area contributed by atoms with E-state index in [1.807, 2.05) is 33.8 Å². The van der Waals surface area contributed by atoms with E-state index in [0.29, 0.717) is 0 Å². The second-order valence-electron chi connectivity index (χ2n) is 2.49. The van der Waals surface area contributed by atoms with Crippen LogP contribution in [0.1, 0.15) is 44.4 Å². The van der Waals surface area contributed by atoms with Crippen molar-refractivity contribution < 1.29 is 0 Å². The molecule has 1 rings (SSSR count). The van der Waals surface area contributed by atoms with E-state index in [1.165, 1.54) is 16.7 Å². The smallest absolute Gasteiger partial charge is 0.0231 e. The molecule has 0 fully saturated rings. The lowest BCUT2D eigenvalue weighted by Crippen LogP contribution is -1.83. The van der Waals surface area contributed by atoms with Crippen LogP contribution in [-0.4, -0.2) is 0 Å². The van der Waals surface area contributed by atoms with Gasteiger partial charge in [0.25, 0.3) is 0 Å². The molecule has 0 nitrogen and oxygen atoms in total. The number of aryl methyl sites for hydroxylation is 1. The van der Waals surface area contributed by atoms with Crippen molar-refractivity contribution in [2.24, 2.45) is 0 Å². The molecule has 0 amide bonds. The number of hydrogen-bond donors (Lipinski definition) is 0. The number of benzene rings is 1. The van der Waals surface area contributed by atoms with Gasteiger partial charge >= 0.3 is 0 Å². The first kappa shape index (κ1) is 20.2. The predicted octanol–water partition coefficient (Wildman–Crippen LogP) is 5.80. The van der Waals surface area contributed by atoms with Crippen LogP contribution in [0.3, 0.4) is 0 Å². The summed E-state index contributed by atoms with van der Waals surface area (Å²) in [7, 11) is 0. The molecular weight excluding hydrogens is 192 g/mol. The fraction of sp³-hybridized carbons (Fsp3) is 0.375. The Morgan fingerprint density at radius 2 is 1.38 bits per heavy atom. The van der Waals surface area contributed by atoms with Crippen molar-refractivity contribution in [3.63, 3.8) is 0 Å². The fourth-order valence-corrected chi connectivity index (χ4v) is 0.995. The van der Waals surface area contributed by atoms with E-state index in [1.54, 1.807) is 0 Å². The lowest BCUT2D eigenvalue weighted by molar-refractivity contribution is 1.33. The van der Waals surface area contributed by atoms with Crippen molar-refractivity contribution >= 4 is 6.08 Å². The van der Waals surface area contributed by atoms with Crippen molar-refractivity contribution in [1.82, 2.24) is 0 Å². The molecule has 0 heterocycles. The average Bonchev–Trinajstić information content (AvgIpc) is 2.40. The predicted molar refractivity (Wildman–Crippen MR) is 80.0 cm³/mol. The van der Waals surface area contributed by atoms with Gasteiger partial charge in [-0.2, -0.15) is 0 Å². The van der Waals surface area contributed by atoms with Crippen LogP contribution in [0.15, 0.2) is 37.9 Å². The summed E-state index contributed by atoms with van der Waals surface area (Å²) in [4.78, 5) is 0. The van der Waals surface area contributed by atoms with Gasteiger partial charge in [-0.25, -0.2) is 0 Å². The molecule has 0 saturated carbocycles. The van der Waals surface area contributed by atoms with Gasteiger partial charge in [0.15, 0.2) is 0 Å². The largest absolute Gasteiger partial charge is 0.106 e. The Labute approximate surface area is 103 Å². The molecule has 0 bridgehead atoms. The highest BCUT2D eigenvalue weighted by atomic mass is 14.0. The van der Waals surface area contributed by atoms with E-state index in [4.69, 9.17) is 0 Å². The molecule has 16 heavy (non-hydrogen) atoms. The first-order valence-electron chi connectivity index (χ1n) is 5.94. The highest BCUT2D eigenvalue weighted by Crippen LogP contribution is 2.12. The summed E-state index contributed by atoms with van der Waals surface area (Å²) < 4.78 is 0. The molecule has 0 aromatic heterocycles. The molecule has 0 N–H and O–H groups in total. The van der Waals surface area contributed by atoms with Gasteiger partial charge in [0, 0.05) is 0 Å². The van der Waals surface area contributed by atoms with E-state index >= 15 is 0 Å². The van der Waals surface area contributed by atoms with E-state index in [0.717, 1.165) is 0 Å². The van der Waals surface area contributed by atoms with Gasteiger partial charge in [-0.15, -0.1) is 13.2 Å². The summed E-state index contributed by atoms with van der Waals surface area (Å²) in [6.07, 6.45) is 1.89. The molecule has 0 saturated heterocycles. The third kappa shape index (κ3) is 8.05. The Hall–Kier alpha value is -1.30. The Balaban J connectivity index is -0.000000245. The van der Waals surface area contributed by atoms with Crippen LogP contribution in [0.2, 0.25) is 0 Å². The lowest BCUT2D eigenvalue weighted by atomic mass is 10.0. The maximum absolute atomic E-state index is 3.73. The summed E-state index contributed by atoms with van der Waals surface area (Å²) >= 11 is 0. The van der Waals surface area contributed by atoms with E-state index in [2.05, 4.69) is 51.8 Å². The molecule has 1 aromatic rings. The fourth-order valence-electron chi connectivity index (χ4n) is 0.995. The quantitative estimate of drug-likeness (QED) is 0.525. The highest BCUT2D eigenvalue weighted by Gasteiger charge is 1.93. The van der Waals surface area contributed by atoms with Crippen LogP contribution >= 0.6 is 0 Å². The van der Waals surface area contributed by atoms with Crippen LogP contribution in [0.4, 0.5) is 0 Å². The Morgan fingerprint density at radius 1 is 0.938 bits per heavy atom. The molecule has 0 aliphatic rings. The topological polar surface area (TPSA) is 0 Å². The molecule has 0 aliphatic heterocycles. The zero-order valence-corrected chi connectivity index (χ0v) is 11.9. The molecule has 0 aliphatic carbocycles. The van der Waals surface area contributed by atoms with Crippen molar-refractivity contribution in [2.75, 3.05) is 0 Å². The standard InChI is InChI=1S/C10H12.2C2H6.C2H4/c1-4-10-7-5-6-8(2)9(10)3;3*1-2/h4-7H,1H2,2-3H3;2*1-2H3;1-2H2. The van der Waals surface area contributed by atoms with Crippen LogP contribution < -0.4 is 0 Å². The molecule has 92 valence electrons. The van der Waals surface area contributed by atoms with E-state index in [9.17, 15) is 0 Å². The van der Waals surface area contributed by atoms with Crippen LogP contribution in [0.5, 0.6) is 0 Å². The summed E-state index contributed by atoms with van der Waals surface area (Å²) in [6.45, 7) is 22.0. The number of hydrogen-bond acceptors (Lipinski definition) is 0. The minimum absolute atomic E-state index is 1.24. The summed E-state index contributed by atoms with van der Waals surface area (Å²) in [6, 6.07) is 6.25. The first-order valence-corrected chi connectivity index (χ1v) is 5.94. The third-order valence-corrected chi connectivity index (χ3v) is 1.87. The van der Waals surface area contributed by atoms with Crippen molar-refractivity contribution in [3.8, 4) is 0 Å². The second-order valence-corrected chi connectivity index (χ2v) is 2.49. The third-order valence-electron chi connectivity index (χ3n) is 1.87. The Kier molecular flexibility index (Phi) is 20.3. The Bertz CT molecular complexity index is 259. The SMILES string of the molecule is C=C.C=Cc1cccc(C)c1C.CC.CC. The van der Waals surface area contributed by atoms with Crippen molar-refractivity contribution in [1.29, 1.82) is 0 Å². The zero-order chi connectivity index (χ0) is 13.6. The van der Waals surface area contributed by atoms with Gasteiger partial charge in [0.2, 0.25) is 0 Å². The molecule has 1 aromatic carbocycles. The van der Waals surface area contributed by atoms with Gasteiger partial charge in [0.1, 0.15) is 0 Å². The van der Waals surface area contributed by atoms with E-state index < -0.39 is 0 Å². The highest BCUT2D eigenvalue weighted by molar-refractivity contribution is 5.53. The second kappa shape index (κ2) is 16.1. The summed E-state index contributed by atoms with van der Waals surface area (Å²) in [5.41, 5.74) is 3.90. The zero-order valence-electron chi connectivity index (χ0n) is 11.9. The van der Waals surface area contributed by atoms with E-state index in [-0.39, 0.29) is 0 Å². The molecule has 0 atom stereocenters. The molecule has 0 unspecified atom stereocenters. The van der Waals surface area contributed by atoms with Gasteiger partial charge in [-0.1, -0.05) is 58.5 Å². The average molecular weight is 220 g/mol. The van der Waals surface area contributed by atoms with Gasteiger partial charge in [-0.3, -0.25) is 0 Å². The normalized spacial score (nSPS) is 6.88. The van der Waals surface area contributed by atoms with Crippen LogP contribution in [0.25, 0.3) is 6.08 Å². The minimum atomic E-state index is 1.24. The summed E-state index contributed by atoms with van der Waals surface area (Å²) in [5.74, 6) is 0. The van der Waals surface area contributed by atoms with Gasteiger partial charge < -0.3 is 0 Å². The first-order chi connectivity index (χ1) is 7.75. The van der Waals surface area contributed by atoms with Crippen molar-refractivity contribution in [3.05, 3.63) is 54.6 Å². The maximum Gasteiger partial charge on any atom is -0.0231 e. The lowest BCUT2D eigenvalue weighted by Gasteiger charge is -2.01. The molecule has 0 heteroatoms.